The van der Waals surface area contributed by atoms with Crippen molar-refractivity contribution < 1.29 is 13.5 Å². The topological polar surface area (TPSA) is 72.5 Å². The fourth-order valence-electron chi connectivity index (χ4n) is 2.38. The van der Waals surface area contributed by atoms with Crippen molar-refractivity contribution in [3.63, 3.8) is 0 Å². The highest BCUT2D eigenvalue weighted by Crippen LogP contribution is 2.17. The molecule has 0 radical (unpaired) electrons. The second kappa shape index (κ2) is 7.75. The maximum atomic E-state index is 12.1. The minimum Gasteiger partial charge on any atom is -0.417 e. The van der Waals surface area contributed by atoms with Gasteiger partial charge < -0.3 is 15.8 Å². The van der Waals surface area contributed by atoms with E-state index >= 15 is 0 Å². The highest BCUT2D eigenvalue weighted by Gasteiger charge is 2.13. The molecule has 7 heteroatoms. The summed E-state index contributed by atoms with van der Waals surface area (Å²) in [5.74, 6) is 0.270. The molecule has 1 saturated carbocycles. The molecule has 116 valence electrons. The Morgan fingerprint density at radius 2 is 2.19 bits per heavy atom. The Bertz CT molecular complexity index is 476. The lowest BCUT2D eigenvalue weighted by atomic mass is 9.96. The number of nitrogens with zero attached hydrogens (tertiary/aromatic N) is 2. The van der Waals surface area contributed by atoms with Gasteiger partial charge >= 0.3 is 6.61 Å². The number of pyridine rings is 1. The van der Waals surface area contributed by atoms with Crippen LogP contribution in [0.15, 0.2) is 23.3 Å². The van der Waals surface area contributed by atoms with Gasteiger partial charge in [-0.15, -0.1) is 0 Å². The van der Waals surface area contributed by atoms with Crippen LogP contribution in [0.1, 0.15) is 37.7 Å². The van der Waals surface area contributed by atoms with Crippen LogP contribution in [0.25, 0.3) is 0 Å². The average Bonchev–Trinajstić information content (AvgIpc) is 2.46. The Kier molecular flexibility index (Phi) is 5.71. The number of alkyl halides is 2. The Morgan fingerprint density at radius 3 is 2.90 bits per heavy atom. The minimum absolute atomic E-state index is 0.114. The lowest BCUT2D eigenvalue weighted by Crippen LogP contribution is -2.41. The maximum absolute atomic E-state index is 12.1. The second-order valence-electron chi connectivity index (χ2n) is 5.06. The summed E-state index contributed by atoms with van der Waals surface area (Å²) >= 11 is 0. The van der Waals surface area contributed by atoms with Crippen molar-refractivity contribution in [1.82, 2.24) is 10.3 Å². The van der Waals surface area contributed by atoms with E-state index in [1.165, 1.54) is 31.5 Å². The number of rotatable bonds is 5. The summed E-state index contributed by atoms with van der Waals surface area (Å²) in [4.78, 5) is 7.92. The number of aliphatic imine (C=N–C) groups is 1. The van der Waals surface area contributed by atoms with E-state index in [1.807, 2.05) is 0 Å². The fourth-order valence-corrected chi connectivity index (χ4v) is 2.38. The van der Waals surface area contributed by atoms with Crippen LogP contribution in [0, 0.1) is 0 Å². The predicted octanol–water partition coefficient (Wildman–Crippen LogP) is 2.42. The highest BCUT2D eigenvalue weighted by molar-refractivity contribution is 5.78. The van der Waals surface area contributed by atoms with Gasteiger partial charge in [0.25, 0.3) is 0 Å². The molecule has 0 amide bonds. The molecule has 0 aliphatic heterocycles. The number of nitrogens with two attached hydrogens (primary N) is 1. The zero-order chi connectivity index (χ0) is 15.1. The van der Waals surface area contributed by atoms with Gasteiger partial charge in [-0.05, 0) is 24.5 Å². The number of nitrogens with one attached hydrogen (secondary N) is 1. The van der Waals surface area contributed by atoms with Crippen LogP contribution < -0.4 is 15.8 Å². The van der Waals surface area contributed by atoms with Crippen molar-refractivity contribution >= 4 is 5.96 Å². The van der Waals surface area contributed by atoms with Crippen LogP contribution in [0.2, 0.25) is 0 Å². The van der Waals surface area contributed by atoms with Crippen molar-refractivity contribution in [3.8, 4) is 5.88 Å². The fraction of sp³-hybridized carbons (Fsp3) is 0.571. The number of hydrogen-bond acceptors (Lipinski definition) is 3. The predicted molar refractivity (Wildman–Crippen MR) is 76.2 cm³/mol. The number of aromatic nitrogens is 1. The first-order valence-electron chi connectivity index (χ1n) is 7.09. The summed E-state index contributed by atoms with van der Waals surface area (Å²) in [7, 11) is 0. The number of guanidine groups is 1. The van der Waals surface area contributed by atoms with Gasteiger partial charge in [0.05, 0.1) is 6.54 Å². The van der Waals surface area contributed by atoms with Crippen LogP contribution in [0.4, 0.5) is 8.78 Å². The molecule has 0 atom stereocenters. The molecule has 1 fully saturated rings. The molecule has 1 aromatic rings. The van der Waals surface area contributed by atoms with Gasteiger partial charge in [-0.25, -0.2) is 9.98 Å². The summed E-state index contributed by atoms with van der Waals surface area (Å²) in [6.07, 6.45) is 7.33. The molecule has 1 aromatic heterocycles. The summed E-state index contributed by atoms with van der Waals surface area (Å²) in [6.45, 7) is -2.58. The quantitative estimate of drug-likeness (QED) is 0.647. The first-order chi connectivity index (χ1) is 10.1. The second-order valence-corrected chi connectivity index (χ2v) is 5.06. The van der Waals surface area contributed by atoms with Crippen molar-refractivity contribution in [2.75, 3.05) is 0 Å². The summed E-state index contributed by atoms with van der Waals surface area (Å²) in [5, 5.41) is 3.20. The molecule has 0 unspecified atom stereocenters. The molecule has 3 N–H and O–H groups in total. The smallest absolute Gasteiger partial charge is 0.388 e. The first-order valence-corrected chi connectivity index (χ1v) is 7.09. The standard InChI is InChI=1S/C14H20F2N4O/c15-13(16)21-12-8-10(6-7-18-12)9-19-14(17)20-11-4-2-1-3-5-11/h6-8,11,13H,1-5,9H2,(H3,17,19,20). The summed E-state index contributed by atoms with van der Waals surface area (Å²) < 4.78 is 28.5. The summed E-state index contributed by atoms with van der Waals surface area (Å²) in [5.41, 5.74) is 6.56. The van der Waals surface area contributed by atoms with Gasteiger partial charge in [0.1, 0.15) is 0 Å². The monoisotopic (exact) mass is 298 g/mol. The van der Waals surface area contributed by atoms with E-state index in [-0.39, 0.29) is 5.88 Å². The van der Waals surface area contributed by atoms with Crippen molar-refractivity contribution in [2.24, 2.45) is 10.7 Å². The third-order valence-electron chi connectivity index (χ3n) is 3.40. The van der Waals surface area contributed by atoms with Gasteiger partial charge in [0, 0.05) is 18.3 Å². The van der Waals surface area contributed by atoms with Crippen LogP contribution in [0.5, 0.6) is 5.88 Å². The Morgan fingerprint density at radius 1 is 1.43 bits per heavy atom. The van der Waals surface area contributed by atoms with E-state index in [4.69, 9.17) is 5.73 Å². The number of hydrogen-bond donors (Lipinski definition) is 2. The SMILES string of the molecule is NC(=NCc1ccnc(OC(F)F)c1)NC1CCCCC1. The lowest BCUT2D eigenvalue weighted by Gasteiger charge is -2.23. The van der Waals surface area contributed by atoms with Crippen LogP contribution in [0.3, 0.4) is 0 Å². The molecule has 1 aliphatic rings. The van der Waals surface area contributed by atoms with Gasteiger partial charge in [0.2, 0.25) is 5.88 Å². The van der Waals surface area contributed by atoms with Crippen LogP contribution in [-0.2, 0) is 6.54 Å². The molecule has 0 aromatic carbocycles. The molecule has 21 heavy (non-hydrogen) atoms. The third kappa shape index (κ3) is 5.53. The Balaban J connectivity index is 1.86. The Labute approximate surface area is 122 Å². The lowest BCUT2D eigenvalue weighted by molar-refractivity contribution is -0.0528. The third-order valence-corrected chi connectivity index (χ3v) is 3.40. The van der Waals surface area contributed by atoms with E-state index in [2.05, 4.69) is 20.0 Å². The van der Waals surface area contributed by atoms with Crippen LogP contribution in [-0.4, -0.2) is 23.6 Å². The normalized spacial score (nSPS) is 17.0. The number of ether oxygens (including phenoxy) is 1. The van der Waals surface area contributed by atoms with Gasteiger partial charge in [-0.2, -0.15) is 8.78 Å². The van der Waals surface area contributed by atoms with Gasteiger partial charge in [-0.3, -0.25) is 0 Å². The molecule has 0 bridgehead atoms. The molecule has 1 heterocycles. The van der Waals surface area contributed by atoms with E-state index in [0.29, 0.717) is 24.1 Å². The number of halogens is 2. The van der Waals surface area contributed by atoms with Gasteiger partial charge in [-0.1, -0.05) is 19.3 Å². The zero-order valence-corrected chi connectivity index (χ0v) is 11.8. The van der Waals surface area contributed by atoms with E-state index in [0.717, 1.165) is 12.8 Å². The zero-order valence-electron chi connectivity index (χ0n) is 11.8. The average molecular weight is 298 g/mol. The van der Waals surface area contributed by atoms with Crippen molar-refractivity contribution in [2.45, 2.75) is 51.3 Å². The van der Waals surface area contributed by atoms with E-state index < -0.39 is 6.61 Å². The molecule has 1 aliphatic carbocycles. The summed E-state index contributed by atoms with van der Waals surface area (Å²) in [6, 6.07) is 3.51. The van der Waals surface area contributed by atoms with Crippen LogP contribution >= 0.6 is 0 Å². The van der Waals surface area contributed by atoms with E-state index in [1.54, 1.807) is 6.07 Å². The molecular weight excluding hydrogens is 278 g/mol. The van der Waals surface area contributed by atoms with Crippen molar-refractivity contribution in [3.05, 3.63) is 23.9 Å². The van der Waals surface area contributed by atoms with E-state index in [9.17, 15) is 8.78 Å². The maximum Gasteiger partial charge on any atom is 0.388 e. The van der Waals surface area contributed by atoms with Gasteiger partial charge in [0.15, 0.2) is 5.96 Å². The minimum atomic E-state index is -2.88. The molecular formula is C14H20F2N4O. The highest BCUT2D eigenvalue weighted by atomic mass is 19.3. The molecule has 0 saturated heterocycles. The molecule has 5 nitrogen and oxygen atoms in total. The largest absolute Gasteiger partial charge is 0.417 e. The Hall–Kier alpha value is -1.92. The first kappa shape index (κ1) is 15.5. The molecule has 2 rings (SSSR count). The molecule has 0 spiro atoms. The van der Waals surface area contributed by atoms with Crippen molar-refractivity contribution in [1.29, 1.82) is 0 Å².